The first-order valence-electron chi connectivity index (χ1n) is 44.3. The summed E-state index contributed by atoms with van der Waals surface area (Å²) in [5.41, 5.74) is 2.44. The summed E-state index contributed by atoms with van der Waals surface area (Å²) in [4.78, 5) is 62.6. The van der Waals surface area contributed by atoms with Crippen molar-refractivity contribution in [3.8, 4) is 0 Å². The highest BCUT2D eigenvalue weighted by atomic mass is 28.3. The average Bonchev–Trinajstić information content (AvgIpc) is 1.41. The van der Waals surface area contributed by atoms with Gasteiger partial charge in [0.25, 0.3) is 0 Å². The fourth-order valence-electron chi connectivity index (χ4n) is 20.8. The van der Waals surface area contributed by atoms with Crippen LogP contribution in [-0.2, 0) is 152 Å². The molecule has 14 aliphatic rings. The maximum atomic E-state index is 12.8. The summed E-state index contributed by atoms with van der Waals surface area (Å²) >= 11 is 0. The second-order valence-corrected chi connectivity index (χ2v) is 63.9. The SMILES string of the molecule is C.CC1(C)OC2[C@@H](O1)O[C@@]1(C(=O)CC1[Si](C)(C)C)[C@H]2OCc1ccccc1.CC1(C)OC2[C@@H](O1)O[C@@]1(C(=O)C[C@H]1[Si](C)(C)C)[C@H]2OCc1ccccc1.CC1(C)OC2[C@@H](O1)O[C@]1(C(=O)CC1[Si](C)(C)C)[C@H]2OCc1ccccc1.CC1(C)OC2[C@@H](O1)O[C@]1(C(=O)C[C@@H]1[Si](C)(C)C)[C@H]2OCc1ccccc1.CC1(C)O[C@H]2OC(C(=O)O)[C@H](OCc3ccccc3)[C@H]2O1. The van der Waals surface area contributed by atoms with E-state index < -0.39 is 164 Å². The highest BCUT2D eigenvalue weighted by Gasteiger charge is 2.79. The van der Waals surface area contributed by atoms with Crippen LogP contribution in [-0.4, -0.2) is 216 Å². The number of benzene rings is 5. The molecular weight excluding hydrogens is 1680 g/mol. The Bertz CT molecular complexity index is 4170. The van der Waals surface area contributed by atoms with Gasteiger partial charge in [0.1, 0.15) is 61.0 Å². The molecule has 0 aromatic heterocycles. The molecule has 0 amide bonds. The number of hydrogen-bond acceptors (Lipinski definition) is 25. The van der Waals surface area contributed by atoms with Crippen molar-refractivity contribution in [2.24, 2.45) is 0 Å². The van der Waals surface area contributed by atoms with Crippen LogP contribution in [0.25, 0.3) is 0 Å². The van der Waals surface area contributed by atoms with Crippen LogP contribution in [0.15, 0.2) is 152 Å². The molecule has 5 aromatic rings. The molecule has 0 radical (unpaired) electrons. The van der Waals surface area contributed by atoms with Crippen LogP contribution in [0.2, 0.25) is 101 Å². The van der Waals surface area contributed by atoms with Crippen LogP contribution in [0.1, 0.15) is 130 Å². The number of aliphatic carboxylic acids is 1. The van der Waals surface area contributed by atoms with E-state index in [1.54, 1.807) is 13.8 Å². The van der Waals surface area contributed by atoms with Gasteiger partial charge in [-0.1, -0.05) is 238 Å². The van der Waals surface area contributed by atoms with E-state index in [9.17, 15) is 29.1 Å². The minimum absolute atomic E-state index is 0. The fraction of sp³-hybridized carbons (Fsp3) is 0.635. The van der Waals surface area contributed by atoms with Crippen LogP contribution >= 0.6 is 0 Å². The van der Waals surface area contributed by atoms with E-state index >= 15 is 0 Å². The van der Waals surface area contributed by atoms with E-state index in [1.165, 1.54) is 0 Å². The van der Waals surface area contributed by atoms with Gasteiger partial charge in [-0.2, -0.15) is 0 Å². The number of carbonyl (C=O) groups excluding carboxylic acids is 4. The summed E-state index contributed by atoms with van der Waals surface area (Å²) in [6.45, 7) is 47.9. The summed E-state index contributed by atoms with van der Waals surface area (Å²) < 4.78 is 121. The van der Waals surface area contributed by atoms with Crippen LogP contribution in [0, 0.1) is 0 Å². The van der Waals surface area contributed by atoms with Gasteiger partial charge >= 0.3 is 5.97 Å². The molecule has 10 saturated heterocycles. The quantitative estimate of drug-likeness (QED) is 0.0708. The molecule has 7 unspecified atom stereocenters. The van der Waals surface area contributed by atoms with E-state index in [4.69, 9.17) is 94.7 Å². The van der Waals surface area contributed by atoms with E-state index in [0.717, 1.165) is 27.8 Å². The van der Waals surface area contributed by atoms with Crippen LogP contribution < -0.4 is 0 Å². The number of carbonyl (C=O) groups is 5. The Balaban J connectivity index is 0.000000128. The second-order valence-electron chi connectivity index (χ2n) is 42.2. The van der Waals surface area contributed by atoms with Gasteiger partial charge in [0.2, 0.25) is 0 Å². The first-order chi connectivity index (χ1) is 58.5. The Labute approximate surface area is 746 Å². The Morgan fingerprint density at radius 3 is 0.698 bits per heavy atom. The smallest absolute Gasteiger partial charge is 0.335 e. The molecule has 0 bridgehead atoms. The summed E-state index contributed by atoms with van der Waals surface area (Å²) in [7, 11) is -6.49. The molecule has 4 spiro atoms. The molecule has 690 valence electrons. The number of carboxylic acids is 1. The zero-order valence-corrected chi connectivity index (χ0v) is 80.5. The van der Waals surface area contributed by atoms with Crippen molar-refractivity contribution >= 4 is 61.4 Å². The normalized spacial score (nSPS) is 37.3. The third kappa shape index (κ3) is 18.9. The molecule has 4 aliphatic carbocycles. The van der Waals surface area contributed by atoms with Gasteiger partial charge in [0.05, 0.1) is 65.3 Å². The summed E-state index contributed by atoms with van der Waals surface area (Å²) in [6, 6.07) is 49.5. The zero-order valence-electron chi connectivity index (χ0n) is 76.5. The van der Waals surface area contributed by atoms with Gasteiger partial charge in [-0.25, -0.2) is 4.79 Å². The van der Waals surface area contributed by atoms with Crippen LogP contribution in [0.4, 0.5) is 0 Å². The van der Waals surface area contributed by atoms with Crippen LogP contribution in [0.5, 0.6) is 0 Å². The molecule has 5 aromatic carbocycles. The number of hydrogen-bond donors (Lipinski definition) is 1. The molecular formula is C96H134O26Si4. The number of fused-ring (bicyclic) bond motifs is 5. The number of rotatable bonds is 20. The topological polar surface area (TPSA) is 290 Å². The third-order valence-electron chi connectivity index (χ3n) is 26.6. The first-order valence-corrected chi connectivity index (χ1v) is 58.6. The first kappa shape index (κ1) is 96.4. The van der Waals surface area contributed by atoms with Crippen molar-refractivity contribution in [2.75, 3.05) is 0 Å². The minimum atomic E-state index is -1.62. The van der Waals surface area contributed by atoms with Crippen molar-refractivity contribution in [2.45, 2.75) is 386 Å². The highest BCUT2D eigenvalue weighted by Crippen LogP contribution is 2.64. The van der Waals surface area contributed by atoms with Gasteiger partial charge in [0, 0.05) is 25.7 Å². The van der Waals surface area contributed by atoms with Crippen LogP contribution in [0.3, 0.4) is 0 Å². The number of ketones is 4. The average molecular weight is 1820 g/mol. The lowest BCUT2D eigenvalue weighted by molar-refractivity contribution is -0.251. The maximum absolute atomic E-state index is 12.8. The second kappa shape index (κ2) is 35.7. The monoisotopic (exact) mass is 1810 g/mol. The van der Waals surface area contributed by atoms with Gasteiger partial charge in [-0.15, -0.1) is 0 Å². The van der Waals surface area contributed by atoms with E-state index in [1.807, 2.05) is 207 Å². The largest absolute Gasteiger partial charge is 0.479 e. The molecule has 10 heterocycles. The van der Waals surface area contributed by atoms with Gasteiger partial charge in [-0.3, -0.25) is 19.2 Å². The molecule has 19 rings (SSSR count). The molecule has 14 fully saturated rings. The van der Waals surface area contributed by atoms with E-state index in [0.29, 0.717) is 58.7 Å². The zero-order chi connectivity index (χ0) is 90.0. The summed E-state index contributed by atoms with van der Waals surface area (Å²) in [5, 5.41) is 9.25. The molecule has 10 aliphatic heterocycles. The number of carboxylic acid groups (broad SMARTS) is 1. The summed E-state index contributed by atoms with van der Waals surface area (Å²) in [5.74, 6) is -4.28. The Hall–Kier alpha value is -5.68. The third-order valence-corrected chi connectivity index (χ3v) is 37.5. The van der Waals surface area contributed by atoms with Crippen molar-refractivity contribution in [3.63, 3.8) is 0 Å². The van der Waals surface area contributed by atoms with Crippen molar-refractivity contribution in [1.29, 1.82) is 0 Å². The predicted molar refractivity (Wildman–Crippen MR) is 476 cm³/mol. The van der Waals surface area contributed by atoms with Crippen molar-refractivity contribution in [1.82, 2.24) is 0 Å². The molecule has 30 heteroatoms. The molecule has 1 N–H and O–H groups in total. The minimum Gasteiger partial charge on any atom is -0.479 e. The molecule has 126 heavy (non-hydrogen) atoms. The molecule has 4 saturated carbocycles. The van der Waals surface area contributed by atoms with Crippen molar-refractivity contribution in [3.05, 3.63) is 179 Å². The molecule has 26 nitrogen and oxygen atoms in total. The number of ether oxygens (including phenoxy) is 20. The number of Topliss-reactive ketones (excluding diaryl/α,β-unsaturated/α-hetero) is 4. The maximum Gasteiger partial charge on any atom is 0.335 e. The van der Waals surface area contributed by atoms with Crippen molar-refractivity contribution < 1.29 is 124 Å². The lowest BCUT2D eigenvalue weighted by Crippen LogP contribution is -2.67. The molecule has 24 atom stereocenters. The lowest BCUT2D eigenvalue weighted by atomic mass is 9.73. The Morgan fingerprint density at radius 2 is 0.500 bits per heavy atom. The van der Waals surface area contributed by atoms with Gasteiger partial charge in [-0.05, 0) is 119 Å². The fourth-order valence-corrected chi connectivity index (χ4v) is 30.7. The standard InChI is InChI=1S/4C20H28O5Si.C15H18O6.CH4/c4*1-19(2)23-16-17(22-12-13-9-7-6-8-10-13)20(25-18(16)24-19)14(21)11-15(20)26(3,4)5;1-15(2)20-12-10(11(13(16)17)19-14(12)21-15)18-8-9-6-4-3-5-7-9;/h4*6-10,15-18H,11-12H2,1-5H3;3-7,10-12,14H,8H2,1-2H3,(H,16,17);1H4/t15?,16?,17-,18-,20+;15?,16?,17-,18-,20-;15-,16?,17+,18+,20-;15-,16?,17-,18-,20-;10-,11?,12+,14+;/m00100./s1. The van der Waals surface area contributed by atoms with E-state index in [2.05, 4.69) is 78.6 Å². The summed E-state index contributed by atoms with van der Waals surface area (Å²) in [6.07, 6.45) is -6.19. The Kier molecular flexibility index (Phi) is 27.3. The highest BCUT2D eigenvalue weighted by molar-refractivity contribution is 6.80. The van der Waals surface area contributed by atoms with Gasteiger partial charge in [0.15, 0.2) is 112 Å². The Morgan fingerprint density at radius 1 is 0.302 bits per heavy atom. The predicted octanol–water partition coefficient (Wildman–Crippen LogP) is 16.2. The lowest BCUT2D eigenvalue weighted by Gasteiger charge is -2.53. The van der Waals surface area contributed by atoms with E-state index in [-0.39, 0.29) is 77.1 Å². The van der Waals surface area contributed by atoms with Gasteiger partial charge < -0.3 is 99.8 Å².